The van der Waals surface area contributed by atoms with Crippen LogP contribution in [0.2, 0.25) is 0 Å². The van der Waals surface area contributed by atoms with Gasteiger partial charge in [0.15, 0.2) is 0 Å². The van der Waals surface area contributed by atoms with E-state index in [1.165, 1.54) is 0 Å². The molecule has 2 aromatic carbocycles. The minimum atomic E-state index is -0.277. The maximum atomic E-state index is 12.3. The van der Waals surface area contributed by atoms with Gasteiger partial charge in [-0.1, -0.05) is 12.1 Å². The van der Waals surface area contributed by atoms with E-state index < -0.39 is 0 Å². The average Bonchev–Trinajstić information content (AvgIpc) is 3.17. The van der Waals surface area contributed by atoms with E-state index in [9.17, 15) is 9.59 Å². The molecular weight excluding hydrogens is 406 g/mol. The predicted molar refractivity (Wildman–Crippen MR) is 119 cm³/mol. The fourth-order valence-electron chi connectivity index (χ4n) is 3.40. The minimum Gasteiger partial charge on any atom is -0.497 e. The number of carbonyl (C=O) groups excluding carboxylic acids is 2. The van der Waals surface area contributed by atoms with E-state index in [-0.39, 0.29) is 30.4 Å². The second-order valence-corrected chi connectivity index (χ2v) is 6.97. The third-order valence-corrected chi connectivity index (χ3v) is 5.03. The molecule has 1 unspecified atom stereocenters. The lowest BCUT2D eigenvalue weighted by Gasteiger charge is -2.19. The van der Waals surface area contributed by atoms with Crippen molar-refractivity contribution in [1.29, 1.82) is 0 Å². The lowest BCUT2D eigenvalue weighted by Crippen LogP contribution is -2.36. The number of urea groups is 1. The van der Waals surface area contributed by atoms with Crippen LogP contribution in [0, 0.1) is 0 Å². The Hall–Kier alpha value is -2.93. The fourth-order valence-corrected chi connectivity index (χ4v) is 3.40. The summed E-state index contributed by atoms with van der Waals surface area (Å²) in [6.07, 6.45) is 1.51. The van der Waals surface area contributed by atoms with Crippen LogP contribution < -0.4 is 25.0 Å². The number of amides is 3. The summed E-state index contributed by atoms with van der Waals surface area (Å²) >= 11 is 0. The summed E-state index contributed by atoms with van der Waals surface area (Å²) in [5, 5.41) is 5.78. The van der Waals surface area contributed by atoms with Gasteiger partial charge < -0.3 is 25.0 Å². The molecule has 0 aromatic heterocycles. The Morgan fingerprint density at radius 1 is 1.13 bits per heavy atom. The quantitative estimate of drug-likeness (QED) is 0.695. The van der Waals surface area contributed by atoms with Crippen molar-refractivity contribution < 1.29 is 19.1 Å². The molecule has 3 amide bonds. The number of benzene rings is 2. The second-order valence-electron chi connectivity index (χ2n) is 6.97. The predicted octanol–water partition coefficient (Wildman–Crippen LogP) is 3.81. The molecule has 1 atom stereocenters. The Labute approximate surface area is 183 Å². The van der Waals surface area contributed by atoms with Crippen molar-refractivity contribution >= 4 is 30.0 Å². The van der Waals surface area contributed by atoms with Crippen molar-refractivity contribution in [2.45, 2.75) is 32.4 Å². The van der Waals surface area contributed by atoms with E-state index in [0.29, 0.717) is 24.5 Å². The third kappa shape index (κ3) is 5.57. The molecule has 0 radical (unpaired) electrons. The smallest absolute Gasteiger partial charge is 0.315 e. The van der Waals surface area contributed by atoms with E-state index >= 15 is 0 Å². The summed E-state index contributed by atoms with van der Waals surface area (Å²) in [6, 6.07) is 12.6. The molecule has 8 heteroatoms. The Bertz CT molecular complexity index is 873. The lowest BCUT2D eigenvalue weighted by atomic mass is 10.1. The molecule has 162 valence electrons. The van der Waals surface area contributed by atoms with E-state index in [1.54, 1.807) is 19.1 Å². The van der Waals surface area contributed by atoms with Crippen LogP contribution in [-0.4, -0.2) is 32.7 Å². The first kappa shape index (κ1) is 23.3. The Morgan fingerprint density at radius 3 is 2.47 bits per heavy atom. The maximum absolute atomic E-state index is 12.3. The standard InChI is InChI=1S/C22H27N3O4.ClH/c1-15(19-13-18(28-2)10-11-20(19)29-3)24-22(27)23-14-16-6-8-17(9-7-16)25-12-4-5-21(25)26;/h6-11,13,15H,4-5,12,14H2,1-3H3,(H2,23,24,27);1H. The van der Waals surface area contributed by atoms with Crippen molar-refractivity contribution in [3.8, 4) is 11.5 Å². The van der Waals surface area contributed by atoms with Gasteiger partial charge in [-0.2, -0.15) is 0 Å². The topological polar surface area (TPSA) is 79.9 Å². The summed E-state index contributed by atoms with van der Waals surface area (Å²) in [6.45, 7) is 3.05. The van der Waals surface area contributed by atoms with E-state index in [1.807, 2.05) is 49.4 Å². The molecular formula is C22H28ClN3O4. The van der Waals surface area contributed by atoms with Gasteiger partial charge >= 0.3 is 6.03 Å². The van der Waals surface area contributed by atoms with Gasteiger partial charge in [-0.25, -0.2) is 4.79 Å². The summed E-state index contributed by atoms with van der Waals surface area (Å²) < 4.78 is 10.6. The Balaban J connectivity index is 0.00000320. The molecule has 1 heterocycles. The molecule has 7 nitrogen and oxygen atoms in total. The van der Waals surface area contributed by atoms with Gasteiger partial charge in [0.25, 0.3) is 0 Å². The first-order valence-electron chi connectivity index (χ1n) is 9.67. The first-order chi connectivity index (χ1) is 14.0. The number of nitrogens with one attached hydrogen (secondary N) is 2. The van der Waals surface area contributed by atoms with Crippen molar-refractivity contribution in [1.82, 2.24) is 10.6 Å². The monoisotopic (exact) mass is 433 g/mol. The molecule has 1 aliphatic rings. The molecule has 1 aliphatic heterocycles. The third-order valence-electron chi connectivity index (χ3n) is 5.03. The molecule has 0 spiro atoms. The van der Waals surface area contributed by atoms with Gasteiger partial charge in [-0.3, -0.25) is 4.79 Å². The van der Waals surface area contributed by atoms with Gasteiger partial charge in [0, 0.05) is 30.8 Å². The van der Waals surface area contributed by atoms with Crippen LogP contribution in [0.25, 0.3) is 0 Å². The highest BCUT2D eigenvalue weighted by Gasteiger charge is 2.21. The van der Waals surface area contributed by atoms with Crippen LogP contribution in [0.3, 0.4) is 0 Å². The highest BCUT2D eigenvalue weighted by Crippen LogP contribution is 2.29. The van der Waals surface area contributed by atoms with Crippen molar-refractivity contribution in [3.05, 3.63) is 53.6 Å². The van der Waals surface area contributed by atoms with Gasteiger partial charge in [0.05, 0.1) is 20.3 Å². The fraction of sp³-hybridized carbons (Fsp3) is 0.364. The summed E-state index contributed by atoms with van der Waals surface area (Å²) in [5.74, 6) is 1.55. The molecule has 2 N–H and O–H groups in total. The maximum Gasteiger partial charge on any atom is 0.315 e. The molecule has 1 fully saturated rings. The van der Waals surface area contributed by atoms with Crippen LogP contribution in [0.5, 0.6) is 11.5 Å². The molecule has 1 saturated heterocycles. The lowest BCUT2D eigenvalue weighted by molar-refractivity contribution is -0.117. The number of hydrogen-bond donors (Lipinski definition) is 2. The van der Waals surface area contributed by atoms with E-state index in [2.05, 4.69) is 10.6 Å². The van der Waals surface area contributed by atoms with Crippen molar-refractivity contribution in [3.63, 3.8) is 0 Å². The SMILES string of the molecule is COc1ccc(OC)c(C(C)NC(=O)NCc2ccc(N3CCCC3=O)cc2)c1.Cl. The summed E-state index contributed by atoms with van der Waals surface area (Å²) in [7, 11) is 3.19. The zero-order valence-electron chi connectivity index (χ0n) is 17.4. The Kier molecular flexibility index (Phi) is 8.35. The molecule has 2 aromatic rings. The largest absolute Gasteiger partial charge is 0.497 e. The second kappa shape index (κ2) is 10.7. The number of hydrogen-bond acceptors (Lipinski definition) is 4. The van der Waals surface area contributed by atoms with Crippen LogP contribution in [0.1, 0.15) is 36.9 Å². The van der Waals surface area contributed by atoms with Crippen LogP contribution in [-0.2, 0) is 11.3 Å². The molecule has 0 bridgehead atoms. The van der Waals surface area contributed by atoms with E-state index in [0.717, 1.165) is 29.8 Å². The average molecular weight is 434 g/mol. The number of anilines is 1. The van der Waals surface area contributed by atoms with Crippen LogP contribution in [0.4, 0.5) is 10.5 Å². The number of rotatable bonds is 7. The zero-order chi connectivity index (χ0) is 20.8. The van der Waals surface area contributed by atoms with Gasteiger partial charge in [-0.15, -0.1) is 12.4 Å². The highest BCUT2D eigenvalue weighted by molar-refractivity contribution is 5.95. The molecule has 0 aliphatic carbocycles. The van der Waals surface area contributed by atoms with Crippen LogP contribution in [0.15, 0.2) is 42.5 Å². The normalized spacial score (nSPS) is 14.0. The van der Waals surface area contributed by atoms with Gasteiger partial charge in [-0.05, 0) is 49.2 Å². The number of nitrogens with zero attached hydrogens (tertiary/aromatic N) is 1. The minimum absolute atomic E-state index is 0. The molecule has 3 rings (SSSR count). The van der Waals surface area contributed by atoms with Crippen LogP contribution >= 0.6 is 12.4 Å². The van der Waals surface area contributed by atoms with Crippen molar-refractivity contribution in [2.75, 3.05) is 25.7 Å². The van der Waals surface area contributed by atoms with E-state index in [4.69, 9.17) is 9.47 Å². The molecule has 30 heavy (non-hydrogen) atoms. The first-order valence-corrected chi connectivity index (χ1v) is 9.67. The zero-order valence-corrected chi connectivity index (χ0v) is 18.3. The summed E-state index contributed by atoms with van der Waals surface area (Å²) in [4.78, 5) is 25.9. The molecule has 0 saturated carbocycles. The Morgan fingerprint density at radius 2 is 1.87 bits per heavy atom. The van der Waals surface area contributed by atoms with Gasteiger partial charge in [0.1, 0.15) is 11.5 Å². The van der Waals surface area contributed by atoms with Crippen molar-refractivity contribution in [2.24, 2.45) is 0 Å². The summed E-state index contributed by atoms with van der Waals surface area (Å²) in [5.41, 5.74) is 2.70. The van der Waals surface area contributed by atoms with Gasteiger partial charge in [0.2, 0.25) is 5.91 Å². The number of carbonyl (C=O) groups is 2. The number of halogens is 1. The highest BCUT2D eigenvalue weighted by atomic mass is 35.5. The number of methoxy groups -OCH3 is 2. The number of ether oxygens (including phenoxy) is 2.